The Morgan fingerprint density at radius 2 is 2.04 bits per heavy atom. The Labute approximate surface area is 167 Å². The molecule has 0 saturated carbocycles. The van der Waals surface area contributed by atoms with Gasteiger partial charge in [0.05, 0.1) is 28.3 Å². The molecule has 0 saturated heterocycles. The molecule has 0 bridgehead atoms. The van der Waals surface area contributed by atoms with Crippen molar-refractivity contribution < 1.29 is 14.3 Å². The Morgan fingerprint density at radius 3 is 2.75 bits per heavy atom. The van der Waals surface area contributed by atoms with E-state index < -0.39 is 0 Å². The molecule has 0 unspecified atom stereocenters. The largest absolute Gasteiger partial charge is 0.465 e. The van der Waals surface area contributed by atoms with Gasteiger partial charge in [0.1, 0.15) is 5.69 Å². The van der Waals surface area contributed by atoms with Crippen molar-refractivity contribution in [3.05, 3.63) is 46.5 Å². The van der Waals surface area contributed by atoms with Gasteiger partial charge in [-0.2, -0.15) is 5.10 Å². The third kappa shape index (κ3) is 3.62. The zero-order valence-electron chi connectivity index (χ0n) is 16.4. The molecule has 0 radical (unpaired) electrons. The van der Waals surface area contributed by atoms with Crippen LogP contribution < -0.4 is 0 Å². The van der Waals surface area contributed by atoms with E-state index in [1.807, 2.05) is 51.1 Å². The minimum absolute atomic E-state index is 0.121. The number of methoxy groups -OCH3 is 1. The predicted molar refractivity (Wildman–Crippen MR) is 112 cm³/mol. The second-order valence-corrected chi connectivity index (χ2v) is 7.06. The van der Waals surface area contributed by atoms with E-state index in [9.17, 15) is 9.59 Å². The number of nitrogens with one attached hydrogen (secondary N) is 2. The van der Waals surface area contributed by atoms with Gasteiger partial charge >= 0.3 is 5.97 Å². The molecule has 2 aromatic heterocycles. The van der Waals surface area contributed by atoms with Crippen LogP contribution in [0.3, 0.4) is 0 Å². The molecule has 1 aromatic carbocycles. The van der Waals surface area contributed by atoms with Crippen LogP contribution in [0.4, 0.5) is 0 Å². The molecule has 7 heteroatoms. The standard InChI is InChI=1S/C19H17N3O3S.C2H6/c1-3-15(23)10-4-5-12-11(8-10)9-14(20-12)17-18-13(21-22-17)6-7-16(26-18)19(24)25-2;1-2/h4-5,7-9,20H,3,6H2,1-2H3,(H,21,22);1-2H3. The summed E-state index contributed by atoms with van der Waals surface area (Å²) in [7, 11) is 1.38. The summed E-state index contributed by atoms with van der Waals surface area (Å²) in [6, 6.07) is 7.62. The lowest BCUT2D eigenvalue weighted by atomic mass is 10.1. The van der Waals surface area contributed by atoms with Crippen molar-refractivity contribution in [2.24, 2.45) is 0 Å². The van der Waals surface area contributed by atoms with E-state index in [0.717, 1.165) is 32.9 Å². The van der Waals surface area contributed by atoms with Crippen LogP contribution in [-0.2, 0) is 16.0 Å². The maximum Gasteiger partial charge on any atom is 0.344 e. The second-order valence-electron chi connectivity index (χ2n) is 6.01. The number of Topliss-reactive ketones (excluding diaryl/α,β-unsaturated/α-hetero) is 1. The van der Waals surface area contributed by atoms with E-state index in [2.05, 4.69) is 15.2 Å². The normalized spacial score (nSPS) is 12.6. The molecule has 4 rings (SSSR count). The van der Waals surface area contributed by atoms with Crippen LogP contribution in [0.25, 0.3) is 22.3 Å². The molecule has 0 aliphatic carbocycles. The number of benzene rings is 1. The fourth-order valence-electron chi connectivity index (χ4n) is 3.01. The van der Waals surface area contributed by atoms with Crippen LogP contribution in [0.5, 0.6) is 0 Å². The average Bonchev–Trinajstić information content (AvgIpc) is 3.36. The van der Waals surface area contributed by atoms with Gasteiger partial charge in [-0.05, 0) is 24.3 Å². The quantitative estimate of drug-likeness (QED) is 0.484. The van der Waals surface area contributed by atoms with E-state index in [1.54, 1.807) is 0 Å². The van der Waals surface area contributed by atoms with Crippen molar-refractivity contribution in [2.75, 3.05) is 7.11 Å². The number of nitrogens with zero attached hydrogens (tertiary/aromatic N) is 1. The van der Waals surface area contributed by atoms with Crippen LogP contribution in [0.1, 0.15) is 43.2 Å². The minimum atomic E-state index is -0.341. The molecule has 3 aromatic rings. The SMILES string of the molecule is CC.CCC(=O)c1ccc2[nH]c(-c3n[nH]c4c3SC(C(=O)OC)=CC4)cc2c1. The van der Waals surface area contributed by atoms with E-state index in [0.29, 0.717) is 23.3 Å². The number of carbonyl (C=O) groups excluding carboxylic acids is 2. The van der Waals surface area contributed by atoms with Crippen LogP contribution in [0.2, 0.25) is 0 Å². The molecular weight excluding hydrogens is 374 g/mol. The highest BCUT2D eigenvalue weighted by Crippen LogP contribution is 2.41. The molecule has 0 spiro atoms. The van der Waals surface area contributed by atoms with Gasteiger partial charge in [-0.3, -0.25) is 9.89 Å². The van der Waals surface area contributed by atoms with Crippen molar-refractivity contribution in [2.45, 2.75) is 38.5 Å². The number of hydrogen-bond acceptors (Lipinski definition) is 5. The van der Waals surface area contributed by atoms with Gasteiger partial charge in [-0.15, -0.1) is 0 Å². The minimum Gasteiger partial charge on any atom is -0.465 e. The van der Waals surface area contributed by atoms with Gasteiger partial charge < -0.3 is 9.72 Å². The number of fused-ring (bicyclic) bond motifs is 2. The van der Waals surface area contributed by atoms with Gasteiger partial charge in [0.25, 0.3) is 0 Å². The van der Waals surface area contributed by atoms with Crippen LogP contribution >= 0.6 is 11.8 Å². The molecule has 3 heterocycles. The first-order chi connectivity index (χ1) is 13.6. The lowest BCUT2D eigenvalue weighted by molar-refractivity contribution is -0.135. The fraction of sp³-hybridized carbons (Fsp3) is 0.286. The average molecular weight is 398 g/mol. The zero-order valence-corrected chi connectivity index (χ0v) is 17.2. The summed E-state index contributed by atoms with van der Waals surface area (Å²) < 4.78 is 4.82. The molecule has 1 aliphatic heterocycles. The Morgan fingerprint density at radius 1 is 1.25 bits per heavy atom. The first kappa shape index (κ1) is 19.9. The molecule has 1 aliphatic rings. The molecule has 28 heavy (non-hydrogen) atoms. The molecule has 146 valence electrons. The van der Waals surface area contributed by atoms with Crippen molar-refractivity contribution >= 4 is 34.4 Å². The van der Waals surface area contributed by atoms with E-state index in [1.165, 1.54) is 18.9 Å². The fourth-order valence-corrected chi connectivity index (χ4v) is 4.07. The van der Waals surface area contributed by atoms with Gasteiger partial charge in [-0.25, -0.2) is 4.79 Å². The van der Waals surface area contributed by atoms with Crippen molar-refractivity contribution in [1.82, 2.24) is 15.2 Å². The van der Waals surface area contributed by atoms with E-state index in [-0.39, 0.29) is 11.8 Å². The molecule has 0 atom stereocenters. The number of ether oxygens (including phenoxy) is 1. The lowest BCUT2D eigenvalue weighted by Gasteiger charge is -2.11. The Hall–Kier alpha value is -2.80. The first-order valence-electron chi connectivity index (χ1n) is 9.30. The number of H-pyrrole nitrogens is 2. The Bertz CT molecular complexity index is 1060. The summed E-state index contributed by atoms with van der Waals surface area (Å²) in [5.41, 5.74) is 4.23. The topological polar surface area (TPSA) is 87.8 Å². The Balaban J connectivity index is 0.00000109. The highest BCUT2D eigenvalue weighted by Gasteiger charge is 2.24. The third-order valence-corrected chi connectivity index (χ3v) is 5.60. The number of aromatic amines is 2. The number of esters is 1. The highest BCUT2D eigenvalue weighted by molar-refractivity contribution is 8.04. The van der Waals surface area contributed by atoms with Gasteiger partial charge in [0.15, 0.2) is 5.78 Å². The number of aromatic nitrogens is 3. The summed E-state index contributed by atoms with van der Waals surface area (Å²) in [5, 5.41) is 8.43. The zero-order chi connectivity index (χ0) is 20.3. The number of allylic oxidation sites excluding steroid dienone is 1. The molecule has 6 nitrogen and oxygen atoms in total. The molecule has 0 amide bonds. The van der Waals surface area contributed by atoms with Crippen LogP contribution in [0, 0.1) is 0 Å². The van der Waals surface area contributed by atoms with Gasteiger partial charge in [-0.1, -0.05) is 38.6 Å². The molecule has 2 N–H and O–H groups in total. The summed E-state index contributed by atoms with van der Waals surface area (Å²) >= 11 is 1.36. The van der Waals surface area contributed by atoms with Gasteiger partial charge in [0, 0.05) is 29.3 Å². The smallest absolute Gasteiger partial charge is 0.344 e. The number of carbonyl (C=O) groups is 2. The van der Waals surface area contributed by atoms with Crippen LogP contribution in [-0.4, -0.2) is 34.0 Å². The van der Waals surface area contributed by atoms with Gasteiger partial charge in [0.2, 0.25) is 0 Å². The van der Waals surface area contributed by atoms with Crippen molar-refractivity contribution in [1.29, 1.82) is 0 Å². The molecular formula is C21H23N3O3S. The third-order valence-electron chi connectivity index (χ3n) is 4.40. The van der Waals surface area contributed by atoms with E-state index >= 15 is 0 Å². The first-order valence-corrected chi connectivity index (χ1v) is 10.1. The summed E-state index contributed by atoms with van der Waals surface area (Å²) in [5.74, 6) is -0.220. The summed E-state index contributed by atoms with van der Waals surface area (Å²) in [6.45, 7) is 5.86. The second kappa shape index (κ2) is 8.48. The maximum atomic E-state index is 11.9. The number of rotatable bonds is 4. The number of hydrogen-bond donors (Lipinski definition) is 2. The molecule has 0 fully saturated rings. The summed E-state index contributed by atoms with van der Waals surface area (Å²) in [4.78, 5) is 28.6. The monoisotopic (exact) mass is 397 g/mol. The van der Waals surface area contributed by atoms with E-state index in [4.69, 9.17) is 4.74 Å². The van der Waals surface area contributed by atoms with Crippen LogP contribution in [0.15, 0.2) is 40.1 Å². The van der Waals surface area contributed by atoms with Crippen molar-refractivity contribution in [3.8, 4) is 11.4 Å². The highest BCUT2D eigenvalue weighted by atomic mass is 32.2. The number of ketones is 1. The number of thioether (sulfide) groups is 1. The lowest BCUT2D eigenvalue weighted by Crippen LogP contribution is -2.05. The van der Waals surface area contributed by atoms with Crippen molar-refractivity contribution in [3.63, 3.8) is 0 Å². The predicted octanol–water partition coefficient (Wildman–Crippen LogP) is 4.88. The Kier molecular flexibility index (Phi) is 6.04. The maximum absolute atomic E-state index is 11.9. The summed E-state index contributed by atoms with van der Waals surface area (Å²) in [6.07, 6.45) is 2.93.